The SMILES string of the molecule is CN(c1ccccc1)S(=O)(=O)c1ccc(C(=O)NCc2ccc(N3CCCC3)nc2)cc1. The number of amides is 1. The van der Waals surface area contributed by atoms with Gasteiger partial charge in [0.2, 0.25) is 0 Å². The van der Waals surface area contributed by atoms with Gasteiger partial charge in [0.05, 0.1) is 10.6 Å². The van der Waals surface area contributed by atoms with Gasteiger partial charge in [0.15, 0.2) is 0 Å². The maximum Gasteiger partial charge on any atom is 0.264 e. The molecule has 0 radical (unpaired) electrons. The Labute approximate surface area is 188 Å². The zero-order valence-electron chi connectivity index (χ0n) is 17.9. The molecule has 32 heavy (non-hydrogen) atoms. The van der Waals surface area contributed by atoms with Crippen molar-refractivity contribution >= 4 is 27.4 Å². The van der Waals surface area contributed by atoms with Crippen LogP contribution in [0, 0.1) is 0 Å². The monoisotopic (exact) mass is 450 g/mol. The van der Waals surface area contributed by atoms with Crippen molar-refractivity contribution in [2.24, 2.45) is 0 Å². The van der Waals surface area contributed by atoms with Crippen molar-refractivity contribution in [3.63, 3.8) is 0 Å². The highest BCUT2D eigenvalue weighted by molar-refractivity contribution is 7.92. The van der Waals surface area contributed by atoms with E-state index in [1.807, 2.05) is 18.2 Å². The van der Waals surface area contributed by atoms with Crippen molar-refractivity contribution in [2.75, 3.05) is 29.3 Å². The summed E-state index contributed by atoms with van der Waals surface area (Å²) in [6.07, 6.45) is 4.17. The zero-order valence-corrected chi connectivity index (χ0v) is 18.8. The quantitative estimate of drug-likeness (QED) is 0.596. The largest absolute Gasteiger partial charge is 0.357 e. The molecule has 0 unspecified atom stereocenters. The Morgan fingerprint density at radius 2 is 1.69 bits per heavy atom. The van der Waals surface area contributed by atoms with E-state index in [1.165, 1.54) is 48.5 Å². The summed E-state index contributed by atoms with van der Waals surface area (Å²) >= 11 is 0. The van der Waals surface area contributed by atoms with Gasteiger partial charge in [-0.3, -0.25) is 9.10 Å². The van der Waals surface area contributed by atoms with Gasteiger partial charge in [0, 0.05) is 38.4 Å². The molecule has 1 saturated heterocycles. The normalized spacial score (nSPS) is 13.7. The molecule has 4 rings (SSSR count). The molecule has 1 aromatic heterocycles. The standard InChI is InChI=1S/C24H26N4O3S/c1-27(21-7-3-2-4-8-21)32(30,31)22-12-10-20(11-13-22)24(29)26-18-19-9-14-23(25-17-19)28-15-5-6-16-28/h2-4,7-14,17H,5-6,15-16,18H2,1H3,(H,26,29). The van der Waals surface area contributed by atoms with Crippen molar-refractivity contribution < 1.29 is 13.2 Å². The van der Waals surface area contributed by atoms with Gasteiger partial charge in [0.1, 0.15) is 5.82 Å². The van der Waals surface area contributed by atoms with Gasteiger partial charge in [-0.25, -0.2) is 13.4 Å². The predicted octanol–water partition coefficient (Wildman–Crippen LogP) is 3.44. The van der Waals surface area contributed by atoms with Crippen LogP contribution in [0.25, 0.3) is 0 Å². The smallest absolute Gasteiger partial charge is 0.264 e. The van der Waals surface area contributed by atoms with E-state index in [9.17, 15) is 13.2 Å². The summed E-state index contributed by atoms with van der Waals surface area (Å²) in [5, 5.41) is 2.86. The molecule has 0 atom stereocenters. The molecular formula is C24H26N4O3S. The van der Waals surface area contributed by atoms with Crippen LogP contribution in [-0.2, 0) is 16.6 Å². The number of para-hydroxylation sites is 1. The van der Waals surface area contributed by atoms with Crippen molar-refractivity contribution in [1.29, 1.82) is 0 Å². The van der Waals surface area contributed by atoms with E-state index in [0.717, 1.165) is 24.5 Å². The van der Waals surface area contributed by atoms with E-state index >= 15 is 0 Å². The van der Waals surface area contributed by atoms with Gasteiger partial charge in [-0.2, -0.15) is 0 Å². The maximum atomic E-state index is 12.9. The van der Waals surface area contributed by atoms with E-state index < -0.39 is 10.0 Å². The van der Waals surface area contributed by atoms with Crippen LogP contribution in [0.15, 0.2) is 77.8 Å². The Hall–Kier alpha value is -3.39. The second-order valence-corrected chi connectivity index (χ2v) is 9.70. The number of carbonyl (C=O) groups excluding carboxylic acids is 1. The molecule has 7 nitrogen and oxygen atoms in total. The lowest BCUT2D eigenvalue weighted by Crippen LogP contribution is -2.27. The highest BCUT2D eigenvalue weighted by Gasteiger charge is 2.21. The molecule has 2 aromatic carbocycles. The fourth-order valence-electron chi connectivity index (χ4n) is 3.65. The van der Waals surface area contributed by atoms with Gasteiger partial charge in [0.25, 0.3) is 15.9 Å². The topological polar surface area (TPSA) is 82.6 Å². The number of benzene rings is 2. The Balaban J connectivity index is 1.37. The Bertz CT molecular complexity index is 1160. The third-order valence-electron chi connectivity index (χ3n) is 5.59. The molecule has 8 heteroatoms. The molecule has 1 aliphatic heterocycles. The third-order valence-corrected chi connectivity index (χ3v) is 7.39. The summed E-state index contributed by atoms with van der Waals surface area (Å²) < 4.78 is 26.9. The van der Waals surface area contributed by atoms with Crippen LogP contribution < -0.4 is 14.5 Å². The van der Waals surface area contributed by atoms with Crippen molar-refractivity contribution in [1.82, 2.24) is 10.3 Å². The van der Waals surface area contributed by atoms with Crippen molar-refractivity contribution in [3.05, 3.63) is 84.1 Å². The van der Waals surface area contributed by atoms with Crippen LogP contribution in [0.3, 0.4) is 0 Å². The Morgan fingerprint density at radius 1 is 1.00 bits per heavy atom. The molecule has 1 aliphatic rings. The summed E-state index contributed by atoms with van der Waals surface area (Å²) in [7, 11) is -2.20. The predicted molar refractivity (Wildman–Crippen MR) is 125 cm³/mol. The van der Waals surface area contributed by atoms with Gasteiger partial charge in [-0.15, -0.1) is 0 Å². The third kappa shape index (κ3) is 4.75. The lowest BCUT2D eigenvalue weighted by Gasteiger charge is -2.19. The number of hydrogen-bond donors (Lipinski definition) is 1. The van der Waals surface area contributed by atoms with Crippen LogP contribution in [-0.4, -0.2) is 39.4 Å². The first kappa shape index (κ1) is 21.8. The summed E-state index contributed by atoms with van der Waals surface area (Å²) in [5.74, 6) is 0.698. The van der Waals surface area contributed by atoms with E-state index in [4.69, 9.17) is 0 Å². The summed E-state index contributed by atoms with van der Waals surface area (Å²) in [6, 6.07) is 18.8. The van der Waals surface area contributed by atoms with Crippen LogP contribution in [0.4, 0.5) is 11.5 Å². The fourth-order valence-corrected chi connectivity index (χ4v) is 4.85. The number of aromatic nitrogens is 1. The number of carbonyl (C=O) groups is 1. The van der Waals surface area contributed by atoms with E-state index in [-0.39, 0.29) is 10.8 Å². The number of hydrogen-bond acceptors (Lipinski definition) is 5. The summed E-state index contributed by atoms with van der Waals surface area (Å²) in [4.78, 5) is 19.4. The number of nitrogens with one attached hydrogen (secondary N) is 1. The Kier molecular flexibility index (Phi) is 6.41. The average Bonchev–Trinajstić information content (AvgIpc) is 3.38. The first-order valence-electron chi connectivity index (χ1n) is 10.6. The van der Waals surface area contributed by atoms with E-state index in [2.05, 4.69) is 15.2 Å². The molecule has 0 spiro atoms. The average molecular weight is 451 g/mol. The number of sulfonamides is 1. The first-order chi connectivity index (χ1) is 15.4. The van der Waals surface area contributed by atoms with Crippen LogP contribution in [0.1, 0.15) is 28.8 Å². The number of anilines is 2. The van der Waals surface area contributed by atoms with E-state index in [1.54, 1.807) is 30.5 Å². The fraction of sp³-hybridized carbons (Fsp3) is 0.250. The van der Waals surface area contributed by atoms with Crippen LogP contribution >= 0.6 is 0 Å². The molecule has 0 saturated carbocycles. The minimum Gasteiger partial charge on any atom is -0.357 e. The highest BCUT2D eigenvalue weighted by Crippen LogP contribution is 2.22. The lowest BCUT2D eigenvalue weighted by atomic mass is 10.2. The maximum absolute atomic E-state index is 12.9. The lowest BCUT2D eigenvalue weighted by molar-refractivity contribution is 0.0951. The Morgan fingerprint density at radius 3 is 2.31 bits per heavy atom. The van der Waals surface area contributed by atoms with Crippen molar-refractivity contribution in [2.45, 2.75) is 24.3 Å². The number of pyridine rings is 1. The van der Waals surface area contributed by atoms with Gasteiger partial charge >= 0.3 is 0 Å². The first-order valence-corrected chi connectivity index (χ1v) is 12.0. The summed E-state index contributed by atoms with van der Waals surface area (Å²) in [5.41, 5.74) is 1.87. The zero-order chi connectivity index (χ0) is 22.6. The molecule has 3 aromatic rings. The van der Waals surface area contributed by atoms with Gasteiger partial charge in [-0.05, 0) is 60.9 Å². The number of rotatable bonds is 7. The molecule has 0 bridgehead atoms. The summed E-state index contributed by atoms with van der Waals surface area (Å²) in [6.45, 7) is 2.43. The molecule has 1 amide bonds. The highest BCUT2D eigenvalue weighted by atomic mass is 32.2. The molecule has 1 N–H and O–H groups in total. The second-order valence-electron chi connectivity index (χ2n) is 7.73. The number of nitrogens with zero attached hydrogens (tertiary/aromatic N) is 3. The molecule has 166 valence electrons. The molecular weight excluding hydrogens is 424 g/mol. The van der Waals surface area contributed by atoms with Crippen molar-refractivity contribution in [3.8, 4) is 0 Å². The van der Waals surface area contributed by atoms with Gasteiger partial charge in [-0.1, -0.05) is 24.3 Å². The minimum atomic E-state index is -3.71. The van der Waals surface area contributed by atoms with Crippen LogP contribution in [0.5, 0.6) is 0 Å². The van der Waals surface area contributed by atoms with Gasteiger partial charge < -0.3 is 10.2 Å². The molecule has 2 heterocycles. The van der Waals surface area contributed by atoms with Crippen LogP contribution in [0.2, 0.25) is 0 Å². The molecule has 1 fully saturated rings. The second kappa shape index (κ2) is 9.40. The van der Waals surface area contributed by atoms with E-state index in [0.29, 0.717) is 17.8 Å². The minimum absolute atomic E-state index is 0.127. The molecule has 0 aliphatic carbocycles.